The molecule has 5 nitrogen and oxygen atoms in total. The molecule has 1 rings (SSSR count). The van der Waals surface area contributed by atoms with E-state index in [9.17, 15) is 4.21 Å². The van der Waals surface area contributed by atoms with E-state index in [4.69, 9.17) is 19.3 Å². The third-order valence-electron chi connectivity index (χ3n) is 1.27. The van der Waals surface area contributed by atoms with Gasteiger partial charge in [0.1, 0.15) is 26.9 Å². The van der Waals surface area contributed by atoms with Crippen LogP contribution < -0.4 is 0 Å². The minimum atomic E-state index is -4.49. The Morgan fingerprint density at radius 1 is 1.15 bits per heavy atom. The topological polar surface area (TPSA) is 98.0 Å². The predicted octanol–water partition coefficient (Wildman–Crippen LogP) is -0.229. The average Bonchev–Trinajstić information content (AvgIpc) is 1.92. The number of phenolic OH excluding ortho intramolecular Hbond substituents is 2. The van der Waals surface area contributed by atoms with Crippen molar-refractivity contribution < 1.29 is 23.5 Å². The molecule has 0 aromatic heterocycles. The van der Waals surface area contributed by atoms with Crippen molar-refractivity contribution in [3.05, 3.63) is 18.2 Å². The molecule has 0 amide bonds. The van der Waals surface area contributed by atoms with Gasteiger partial charge < -0.3 is 19.3 Å². The summed E-state index contributed by atoms with van der Waals surface area (Å²) < 4.78 is 27.9. The Morgan fingerprint density at radius 2 is 1.69 bits per heavy atom. The summed E-state index contributed by atoms with van der Waals surface area (Å²) in [4.78, 5) is -0.567. The third kappa shape index (κ3) is 3.26. The maximum atomic E-state index is 10.6. The van der Waals surface area contributed by atoms with Gasteiger partial charge in [0.15, 0.2) is 0 Å². The van der Waals surface area contributed by atoms with Gasteiger partial charge in [0, 0.05) is 6.07 Å². The van der Waals surface area contributed by atoms with Gasteiger partial charge in [0.05, 0.1) is 0 Å². The molecule has 0 atom stereocenters. The van der Waals surface area contributed by atoms with E-state index in [-0.39, 0.29) is 35.3 Å². The van der Waals surface area contributed by atoms with Gasteiger partial charge in [0.2, 0.25) is 0 Å². The molecule has 0 unspecified atom stereocenters. The van der Waals surface area contributed by atoms with Crippen LogP contribution in [0.5, 0.6) is 11.5 Å². The number of hydrogen-bond acceptors (Lipinski definition) is 3. The minimum absolute atomic E-state index is 0. The molecule has 0 fully saturated rings. The van der Waals surface area contributed by atoms with Crippen LogP contribution in [0.3, 0.4) is 0 Å². The molecule has 70 valence electrons. The fourth-order valence-corrected chi connectivity index (χ4v) is 1.42. The van der Waals surface area contributed by atoms with Crippen LogP contribution >= 0.6 is 0 Å². The molecule has 0 saturated heterocycles. The number of hydrogen-bond donors (Lipinski definition) is 5. The third-order valence-corrected chi connectivity index (χ3v) is 2.26. The second kappa shape index (κ2) is 4.41. The van der Waals surface area contributed by atoms with Crippen LogP contribution in [0.2, 0.25) is 0 Å². The van der Waals surface area contributed by atoms with Crippen LogP contribution in [0.4, 0.5) is 0 Å². The first-order valence-corrected chi connectivity index (χ1v) is 4.60. The average molecular weight is 216 g/mol. The molecule has 13 heavy (non-hydrogen) atoms. The van der Waals surface area contributed by atoms with Crippen molar-refractivity contribution in [3.63, 3.8) is 0 Å². The van der Waals surface area contributed by atoms with E-state index in [1.807, 2.05) is 0 Å². The van der Waals surface area contributed by atoms with E-state index in [2.05, 4.69) is 0 Å². The first kappa shape index (κ1) is 12.9. The Bertz CT molecular complexity index is 347. The van der Waals surface area contributed by atoms with Gasteiger partial charge in [-0.25, -0.2) is 4.21 Å². The molecule has 7 heteroatoms. The molecule has 0 aliphatic carbocycles. The summed E-state index contributed by atoms with van der Waals surface area (Å²) in [6, 6.07) is 2.98. The molecule has 0 radical (unpaired) electrons. The van der Waals surface area contributed by atoms with Gasteiger partial charge in [0.25, 0.3) is 0 Å². The van der Waals surface area contributed by atoms with Crippen LogP contribution in [-0.2, 0) is 10.5 Å². The number of rotatable bonds is 1. The SMILES string of the molecule is O=[SH](O)(O)c1cc(O)ccc1O.[NaH]. The van der Waals surface area contributed by atoms with Gasteiger partial charge in [-0.1, -0.05) is 0 Å². The maximum absolute atomic E-state index is 10.6. The first-order chi connectivity index (χ1) is 5.41. The Morgan fingerprint density at radius 3 is 2.08 bits per heavy atom. The van der Waals surface area contributed by atoms with Crippen LogP contribution in [-0.4, -0.2) is 53.1 Å². The molecular weight excluding hydrogens is 207 g/mol. The van der Waals surface area contributed by atoms with Gasteiger partial charge in [-0.15, -0.1) is 0 Å². The Kier molecular flexibility index (Phi) is 4.37. The van der Waals surface area contributed by atoms with Crippen LogP contribution in [0.1, 0.15) is 0 Å². The summed E-state index contributed by atoms with van der Waals surface area (Å²) in [6.45, 7) is 0. The van der Waals surface area contributed by atoms with Crippen molar-refractivity contribution in [1.29, 1.82) is 0 Å². The summed E-state index contributed by atoms with van der Waals surface area (Å²) in [5.41, 5.74) is 0. The zero-order valence-corrected chi connectivity index (χ0v) is 6.77. The van der Waals surface area contributed by atoms with Crippen LogP contribution in [0.15, 0.2) is 23.1 Å². The van der Waals surface area contributed by atoms with E-state index in [0.717, 1.165) is 18.2 Å². The number of aromatic hydroxyl groups is 2. The molecule has 0 aliphatic rings. The molecule has 0 heterocycles. The monoisotopic (exact) mass is 216 g/mol. The van der Waals surface area contributed by atoms with Crippen LogP contribution in [0, 0.1) is 0 Å². The molecule has 0 aliphatic heterocycles. The first-order valence-electron chi connectivity index (χ1n) is 2.99. The standard InChI is InChI=1S/C6H8O5S.Na.H/c7-4-1-2-5(8)6(3-4)12(9,10)11;;/h1-3,7-8,12H,(H2,9,10,11);;. The quantitative estimate of drug-likeness (QED) is 0.254. The van der Waals surface area contributed by atoms with Crippen molar-refractivity contribution in [3.8, 4) is 11.5 Å². The summed E-state index contributed by atoms with van der Waals surface area (Å²) in [5, 5.41) is 17.8. The summed E-state index contributed by atoms with van der Waals surface area (Å²) in [7, 11) is -4.49. The zero-order valence-electron chi connectivity index (χ0n) is 5.88. The van der Waals surface area contributed by atoms with E-state index in [1.54, 1.807) is 0 Å². The number of phenols is 2. The Hall–Kier alpha value is -0.110. The van der Waals surface area contributed by atoms with Crippen molar-refractivity contribution in [2.75, 3.05) is 0 Å². The van der Waals surface area contributed by atoms with E-state index < -0.39 is 21.1 Å². The van der Waals surface area contributed by atoms with Crippen molar-refractivity contribution in [2.24, 2.45) is 0 Å². The normalized spacial score (nSPS) is 11.8. The number of thiol groups is 1. The molecule has 0 spiro atoms. The van der Waals surface area contributed by atoms with Crippen molar-refractivity contribution in [2.45, 2.75) is 4.90 Å². The molecule has 1 aromatic carbocycles. The van der Waals surface area contributed by atoms with E-state index in [1.165, 1.54) is 0 Å². The molecule has 1 aromatic rings. The van der Waals surface area contributed by atoms with Crippen molar-refractivity contribution in [1.82, 2.24) is 0 Å². The number of benzene rings is 1. The summed E-state index contributed by atoms with van der Waals surface area (Å²) >= 11 is 0. The molecule has 0 bridgehead atoms. The predicted molar refractivity (Wildman–Crippen MR) is 50.0 cm³/mol. The summed E-state index contributed by atoms with van der Waals surface area (Å²) in [5.74, 6) is -0.827. The Labute approximate surface area is 97.8 Å². The Balaban J connectivity index is 0.00000144. The fourth-order valence-electron chi connectivity index (χ4n) is 0.745. The molecule has 0 saturated carbocycles. The van der Waals surface area contributed by atoms with Crippen LogP contribution in [0.25, 0.3) is 0 Å². The fraction of sp³-hybridized carbons (Fsp3) is 0. The second-order valence-corrected chi connectivity index (χ2v) is 3.79. The molecular formula is C6H9NaO5S. The summed E-state index contributed by atoms with van der Waals surface area (Å²) in [6.07, 6.45) is 0. The van der Waals surface area contributed by atoms with Gasteiger partial charge in [-0.2, -0.15) is 0 Å². The molecule has 4 N–H and O–H groups in total. The van der Waals surface area contributed by atoms with Gasteiger partial charge in [-0.05, 0) is 12.1 Å². The van der Waals surface area contributed by atoms with Gasteiger partial charge >= 0.3 is 29.6 Å². The van der Waals surface area contributed by atoms with E-state index >= 15 is 0 Å². The van der Waals surface area contributed by atoms with Crippen molar-refractivity contribution >= 4 is 40.1 Å². The van der Waals surface area contributed by atoms with Gasteiger partial charge in [-0.3, -0.25) is 0 Å². The zero-order chi connectivity index (χ0) is 9.35. The second-order valence-electron chi connectivity index (χ2n) is 2.22. The van der Waals surface area contributed by atoms with E-state index in [0.29, 0.717) is 0 Å².